The molecule has 0 fully saturated rings. The summed E-state index contributed by atoms with van der Waals surface area (Å²) in [5, 5.41) is 4.39. The second-order valence-corrected chi connectivity index (χ2v) is 7.35. The van der Waals surface area contributed by atoms with Crippen LogP contribution in [-0.4, -0.2) is 30.5 Å². The third-order valence-electron chi connectivity index (χ3n) is 2.93. The summed E-state index contributed by atoms with van der Waals surface area (Å²) >= 11 is 3.47. The van der Waals surface area contributed by atoms with E-state index in [0.29, 0.717) is 19.5 Å². The fraction of sp³-hybridized carbons (Fsp3) is 0.750. The lowest BCUT2D eigenvalue weighted by Gasteiger charge is -2.07. The second kappa shape index (κ2) is 7.40. The van der Waals surface area contributed by atoms with E-state index < -0.39 is 10.0 Å². The average molecular weight is 352 g/mol. The predicted octanol–water partition coefficient (Wildman–Crippen LogP) is 2.37. The van der Waals surface area contributed by atoms with Gasteiger partial charge < -0.3 is 0 Å². The van der Waals surface area contributed by atoms with Gasteiger partial charge in [-0.25, -0.2) is 13.1 Å². The van der Waals surface area contributed by atoms with Crippen LogP contribution in [0.4, 0.5) is 0 Å². The van der Waals surface area contributed by atoms with Crippen molar-refractivity contribution in [1.29, 1.82) is 0 Å². The zero-order chi connectivity index (χ0) is 14.5. The fourth-order valence-electron chi connectivity index (χ4n) is 1.76. The van der Waals surface area contributed by atoms with E-state index in [0.717, 1.165) is 28.7 Å². The Labute approximate surface area is 124 Å². The van der Waals surface area contributed by atoms with Gasteiger partial charge in [0.05, 0.1) is 15.9 Å². The van der Waals surface area contributed by atoms with Gasteiger partial charge in [0, 0.05) is 18.8 Å². The van der Waals surface area contributed by atoms with Crippen molar-refractivity contribution in [2.75, 3.05) is 12.3 Å². The molecule has 1 aromatic heterocycles. The summed E-state index contributed by atoms with van der Waals surface area (Å²) in [5.41, 5.74) is 2.03. The van der Waals surface area contributed by atoms with Crippen LogP contribution in [0.1, 0.15) is 37.6 Å². The Hall–Kier alpha value is -0.400. The monoisotopic (exact) mass is 351 g/mol. The number of sulfonamides is 1. The highest BCUT2D eigenvalue weighted by Gasteiger charge is 2.10. The number of nitrogens with one attached hydrogen (secondary N) is 1. The summed E-state index contributed by atoms with van der Waals surface area (Å²) in [5.74, 6) is 0.217. The zero-order valence-electron chi connectivity index (χ0n) is 11.7. The molecular formula is C12H22BrN3O2S. The molecule has 0 saturated carbocycles. The quantitative estimate of drug-likeness (QED) is 0.731. The number of aromatic nitrogens is 2. The molecule has 0 atom stereocenters. The van der Waals surface area contributed by atoms with Crippen LogP contribution in [-0.2, 0) is 16.6 Å². The maximum absolute atomic E-state index is 11.6. The summed E-state index contributed by atoms with van der Waals surface area (Å²) in [4.78, 5) is 0. The molecule has 1 heterocycles. The van der Waals surface area contributed by atoms with E-state index in [9.17, 15) is 8.42 Å². The number of halogens is 1. The van der Waals surface area contributed by atoms with Gasteiger partial charge in [0.25, 0.3) is 0 Å². The number of nitrogens with zero attached hydrogens (tertiary/aromatic N) is 2. The van der Waals surface area contributed by atoms with Gasteiger partial charge in [-0.1, -0.05) is 13.3 Å². The number of aryl methyl sites for hydroxylation is 2. The first-order chi connectivity index (χ1) is 8.87. The summed E-state index contributed by atoms with van der Waals surface area (Å²) in [6.45, 7) is 7.10. The average Bonchev–Trinajstić information content (AvgIpc) is 2.60. The number of hydrogen-bond acceptors (Lipinski definition) is 3. The van der Waals surface area contributed by atoms with Gasteiger partial charge in [-0.05, 0) is 42.6 Å². The first-order valence-electron chi connectivity index (χ1n) is 6.54. The summed E-state index contributed by atoms with van der Waals surface area (Å²) in [7, 11) is -3.10. The zero-order valence-corrected chi connectivity index (χ0v) is 14.1. The van der Waals surface area contributed by atoms with E-state index in [1.165, 1.54) is 0 Å². The van der Waals surface area contributed by atoms with Crippen molar-refractivity contribution in [3.63, 3.8) is 0 Å². The Bertz CT molecular complexity index is 511. The van der Waals surface area contributed by atoms with Crippen molar-refractivity contribution < 1.29 is 8.42 Å². The van der Waals surface area contributed by atoms with Gasteiger partial charge >= 0.3 is 0 Å². The highest BCUT2D eigenvalue weighted by molar-refractivity contribution is 9.10. The topological polar surface area (TPSA) is 64.0 Å². The lowest BCUT2D eigenvalue weighted by Crippen LogP contribution is -2.28. The predicted molar refractivity (Wildman–Crippen MR) is 80.7 cm³/mol. The first kappa shape index (κ1) is 16.7. The maximum Gasteiger partial charge on any atom is 0.211 e. The van der Waals surface area contributed by atoms with E-state index in [-0.39, 0.29) is 5.75 Å². The van der Waals surface area contributed by atoms with Crippen molar-refractivity contribution in [2.24, 2.45) is 0 Å². The third-order valence-corrected chi connectivity index (χ3v) is 5.55. The number of hydrogen-bond donors (Lipinski definition) is 1. The molecule has 0 aliphatic heterocycles. The van der Waals surface area contributed by atoms with Crippen molar-refractivity contribution in [2.45, 2.75) is 46.6 Å². The molecule has 0 spiro atoms. The molecule has 110 valence electrons. The molecular weight excluding hydrogens is 330 g/mol. The molecule has 0 unspecified atom stereocenters. The molecule has 0 aliphatic carbocycles. The molecule has 1 aromatic rings. The smallest absolute Gasteiger partial charge is 0.211 e. The maximum atomic E-state index is 11.6. The molecule has 0 bridgehead atoms. The van der Waals surface area contributed by atoms with E-state index >= 15 is 0 Å². The SMILES string of the molecule is CCCCS(=O)(=O)NCCCn1nc(C)c(Br)c1C. The Balaban J connectivity index is 2.37. The number of unbranched alkanes of at least 4 members (excludes halogenated alkanes) is 1. The highest BCUT2D eigenvalue weighted by atomic mass is 79.9. The molecule has 0 aliphatic rings. The minimum atomic E-state index is -3.10. The van der Waals surface area contributed by atoms with E-state index in [2.05, 4.69) is 25.8 Å². The van der Waals surface area contributed by atoms with Crippen LogP contribution in [0.15, 0.2) is 4.47 Å². The Kier molecular flexibility index (Phi) is 6.49. The minimum Gasteiger partial charge on any atom is -0.268 e. The van der Waals surface area contributed by atoms with Gasteiger partial charge in [-0.2, -0.15) is 5.10 Å². The van der Waals surface area contributed by atoms with E-state index in [1.54, 1.807) is 0 Å². The molecule has 0 aromatic carbocycles. The third kappa shape index (κ3) is 5.24. The van der Waals surface area contributed by atoms with Crippen molar-refractivity contribution in [3.05, 3.63) is 15.9 Å². The van der Waals surface area contributed by atoms with Gasteiger partial charge in [0.1, 0.15) is 0 Å². The molecule has 0 saturated heterocycles. The largest absolute Gasteiger partial charge is 0.268 e. The number of rotatable bonds is 8. The fourth-order valence-corrected chi connectivity index (χ4v) is 3.31. The van der Waals surface area contributed by atoms with Gasteiger partial charge in [0.2, 0.25) is 10.0 Å². The summed E-state index contributed by atoms with van der Waals surface area (Å²) in [6, 6.07) is 0. The van der Waals surface area contributed by atoms with Crippen LogP contribution in [0.25, 0.3) is 0 Å². The van der Waals surface area contributed by atoms with Crippen LogP contribution >= 0.6 is 15.9 Å². The standard InChI is InChI=1S/C12H22BrN3O2S/c1-4-5-9-19(17,18)14-7-6-8-16-11(3)12(13)10(2)15-16/h14H,4-9H2,1-3H3. The normalized spacial score (nSPS) is 12.0. The van der Waals surface area contributed by atoms with Crippen LogP contribution in [0.2, 0.25) is 0 Å². The molecule has 19 heavy (non-hydrogen) atoms. The van der Waals surface area contributed by atoms with Crippen LogP contribution < -0.4 is 4.72 Å². The molecule has 5 nitrogen and oxygen atoms in total. The highest BCUT2D eigenvalue weighted by Crippen LogP contribution is 2.19. The van der Waals surface area contributed by atoms with Crippen molar-refractivity contribution in [1.82, 2.24) is 14.5 Å². The Morgan fingerprint density at radius 2 is 2.00 bits per heavy atom. The lowest BCUT2D eigenvalue weighted by molar-refractivity contribution is 0.543. The van der Waals surface area contributed by atoms with E-state index in [1.807, 2.05) is 25.5 Å². The van der Waals surface area contributed by atoms with Crippen LogP contribution in [0.5, 0.6) is 0 Å². The van der Waals surface area contributed by atoms with E-state index in [4.69, 9.17) is 0 Å². The summed E-state index contributed by atoms with van der Waals surface area (Å²) < 4.78 is 28.7. The molecule has 0 radical (unpaired) electrons. The van der Waals surface area contributed by atoms with Crippen molar-refractivity contribution in [3.8, 4) is 0 Å². The Morgan fingerprint density at radius 1 is 1.32 bits per heavy atom. The molecule has 1 rings (SSSR count). The summed E-state index contributed by atoms with van der Waals surface area (Å²) in [6.07, 6.45) is 2.33. The van der Waals surface area contributed by atoms with Gasteiger partial charge in [-0.3, -0.25) is 4.68 Å². The first-order valence-corrected chi connectivity index (χ1v) is 8.98. The Morgan fingerprint density at radius 3 is 2.53 bits per heavy atom. The van der Waals surface area contributed by atoms with Crippen LogP contribution in [0.3, 0.4) is 0 Å². The molecule has 0 amide bonds. The lowest BCUT2D eigenvalue weighted by atomic mass is 10.4. The molecule has 7 heteroatoms. The van der Waals surface area contributed by atoms with Gasteiger partial charge in [0.15, 0.2) is 0 Å². The van der Waals surface area contributed by atoms with Crippen molar-refractivity contribution >= 4 is 26.0 Å². The molecule has 1 N–H and O–H groups in total. The van der Waals surface area contributed by atoms with Crippen LogP contribution in [0, 0.1) is 13.8 Å². The van der Waals surface area contributed by atoms with Gasteiger partial charge in [-0.15, -0.1) is 0 Å². The minimum absolute atomic E-state index is 0.217. The second-order valence-electron chi connectivity index (χ2n) is 4.63.